The van der Waals surface area contributed by atoms with Crippen molar-refractivity contribution in [2.24, 2.45) is 0 Å². The normalized spacial score (nSPS) is 10.8. The first-order valence-electron chi connectivity index (χ1n) is 5.68. The van der Waals surface area contributed by atoms with Crippen LogP contribution in [0.15, 0.2) is 27.8 Å². The molecular weight excluding hydrogens is 264 g/mol. The molecule has 0 spiro atoms. The van der Waals surface area contributed by atoms with E-state index in [1.165, 1.54) is 16.7 Å². The molecule has 0 aliphatic carbocycles. The molecule has 0 fully saturated rings. The smallest absolute Gasteiger partial charge is 0.276 e. The first-order chi connectivity index (χ1) is 8.67. The molecule has 0 aliphatic heterocycles. The Morgan fingerprint density at radius 1 is 1.06 bits per heavy atom. The topological polar surface area (TPSA) is 38.9 Å². The van der Waals surface area contributed by atoms with Crippen molar-refractivity contribution in [1.82, 2.24) is 10.2 Å². The monoisotopic (exact) mass is 280 g/mol. The fraction of sp³-hybridized carbons (Fsp3) is 0.385. The molecule has 18 heavy (non-hydrogen) atoms. The van der Waals surface area contributed by atoms with Crippen LogP contribution in [0.4, 0.5) is 0 Å². The Morgan fingerprint density at radius 3 is 2.44 bits per heavy atom. The zero-order valence-electron chi connectivity index (χ0n) is 10.8. The zero-order chi connectivity index (χ0) is 13.0. The third-order valence-corrected chi connectivity index (χ3v) is 3.79. The fourth-order valence-corrected chi connectivity index (χ4v) is 2.85. The Bertz CT molecular complexity index is 505. The van der Waals surface area contributed by atoms with Crippen LogP contribution in [0.5, 0.6) is 0 Å². The molecule has 0 bridgehead atoms. The molecule has 1 aromatic carbocycles. The second kappa shape index (κ2) is 6.29. The molecule has 2 rings (SSSR count). The molecule has 3 nitrogen and oxygen atoms in total. The predicted octanol–water partition coefficient (Wildman–Crippen LogP) is 3.84. The van der Waals surface area contributed by atoms with E-state index in [4.69, 9.17) is 4.42 Å². The van der Waals surface area contributed by atoms with Crippen LogP contribution in [0.3, 0.4) is 0 Å². The molecule has 0 saturated heterocycles. The van der Waals surface area contributed by atoms with Crippen molar-refractivity contribution in [1.29, 1.82) is 0 Å². The van der Waals surface area contributed by atoms with Gasteiger partial charge in [-0.2, -0.15) is 11.8 Å². The maximum Gasteiger partial charge on any atom is 0.276 e. The highest BCUT2D eigenvalue weighted by Gasteiger charge is 2.06. The average Bonchev–Trinajstić information content (AvgIpc) is 2.74. The minimum atomic E-state index is 0.651. The van der Waals surface area contributed by atoms with E-state index in [2.05, 4.69) is 42.2 Å². The molecule has 0 unspecified atom stereocenters. The summed E-state index contributed by atoms with van der Waals surface area (Å²) < 4.78 is 5.53. The number of thioether (sulfide) groups is 2. The summed E-state index contributed by atoms with van der Waals surface area (Å²) in [5.41, 5.74) is 3.88. The van der Waals surface area contributed by atoms with Crippen molar-refractivity contribution < 1.29 is 4.42 Å². The van der Waals surface area contributed by atoms with Gasteiger partial charge in [-0.3, -0.25) is 0 Å². The van der Waals surface area contributed by atoms with Crippen LogP contribution < -0.4 is 0 Å². The molecule has 96 valence electrons. The van der Waals surface area contributed by atoms with Crippen molar-refractivity contribution in [2.45, 2.75) is 30.6 Å². The van der Waals surface area contributed by atoms with E-state index in [9.17, 15) is 0 Å². The summed E-state index contributed by atoms with van der Waals surface area (Å²) in [7, 11) is 0. The maximum absolute atomic E-state index is 5.53. The lowest BCUT2D eigenvalue weighted by molar-refractivity contribution is 0.426. The summed E-state index contributed by atoms with van der Waals surface area (Å²) in [6, 6.07) is 6.57. The van der Waals surface area contributed by atoms with Gasteiger partial charge in [-0.25, -0.2) is 0 Å². The second-order valence-electron chi connectivity index (χ2n) is 4.18. The lowest BCUT2D eigenvalue weighted by Crippen LogP contribution is -1.85. The Morgan fingerprint density at radius 2 is 1.78 bits per heavy atom. The van der Waals surface area contributed by atoms with Crippen molar-refractivity contribution in [3.05, 3.63) is 40.8 Å². The highest BCUT2D eigenvalue weighted by Crippen LogP contribution is 2.23. The van der Waals surface area contributed by atoms with Crippen LogP contribution in [0.25, 0.3) is 0 Å². The van der Waals surface area contributed by atoms with Gasteiger partial charge in [0.1, 0.15) is 0 Å². The average molecular weight is 280 g/mol. The summed E-state index contributed by atoms with van der Waals surface area (Å²) in [5.74, 6) is 2.34. The number of benzene rings is 1. The van der Waals surface area contributed by atoms with Gasteiger partial charge in [-0.15, -0.1) is 10.2 Å². The first kappa shape index (κ1) is 13.5. The van der Waals surface area contributed by atoms with Gasteiger partial charge >= 0.3 is 0 Å². The molecule has 0 N–H and O–H groups in total. The van der Waals surface area contributed by atoms with Gasteiger partial charge in [0.2, 0.25) is 5.89 Å². The largest absolute Gasteiger partial charge is 0.415 e. The minimum Gasteiger partial charge on any atom is -0.415 e. The third-order valence-electron chi connectivity index (χ3n) is 2.36. The Hall–Kier alpha value is -0.940. The second-order valence-corrected chi connectivity index (χ2v) is 5.97. The van der Waals surface area contributed by atoms with E-state index in [0.29, 0.717) is 11.1 Å². The first-order valence-corrected chi connectivity index (χ1v) is 8.06. The molecule has 0 radical (unpaired) electrons. The minimum absolute atomic E-state index is 0.651. The van der Waals surface area contributed by atoms with Crippen molar-refractivity contribution in [2.75, 3.05) is 6.26 Å². The van der Waals surface area contributed by atoms with Crippen LogP contribution >= 0.6 is 23.5 Å². The van der Waals surface area contributed by atoms with Crippen molar-refractivity contribution in [3.63, 3.8) is 0 Å². The molecule has 1 aromatic heterocycles. The molecule has 1 heterocycles. The number of rotatable bonds is 5. The highest BCUT2D eigenvalue weighted by molar-refractivity contribution is 7.98. The van der Waals surface area contributed by atoms with Crippen LogP contribution in [0, 0.1) is 13.8 Å². The molecule has 0 amide bonds. The summed E-state index contributed by atoms with van der Waals surface area (Å²) in [4.78, 5) is 0. The van der Waals surface area contributed by atoms with Crippen molar-refractivity contribution in [3.8, 4) is 0 Å². The van der Waals surface area contributed by atoms with Crippen LogP contribution in [0.1, 0.15) is 22.6 Å². The summed E-state index contributed by atoms with van der Waals surface area (Å²) >= 11 is 3.27. The number of hydrogen-bond donors (Lipinski definition) is 0. The van der Waals surface area contributed by atoms with E-state index in [0.717, 1.165) is 11.5 Å². The molecule has 0 aliphatic rings. The van der Waals surface area contributed by atoms with E-state index in [-0.39, 0.29) is 0 Å². The Labute approximate surface area is 116 Å². The predicted molar refractivity (Wildman–Crippen MR) is 77.0 cm³/mol. The van der Waals surface area contributed by atoms with Gasteiger partial charge in [0.25, 0.3) is 5.22 Å². The van der Waals surface area contributed by atoms with Gasteiger partial charge in [0, 0.05) is 5.75 Å². The highest BCUT2D eigenvalue weighted by atomic mass is 32.2. The molecule has 2 aromatic rings. The van der Waals surface area contributed by atoms with E-state index in [1.807, 2.05) is 6.26 Å². The summed E-state index contributed by atoms with van der Waals surface area (Å²) in [6.07, 6.45) is 2.02. The maximum atomic E-state index is 5.53. The fourth-order valence-electron chi connectivity index (χ4n) is 1.78. The lowest BCUT2D eigenvalue weighted by Gasteiger charge is -2.02. The Balaban J connectivity index is 1.97. The van der Waals surface area contributed by atoms with Crippen LogP contribution in [-0.2, 0) is 11.5 Å². The number of nitrogens with zero attached hydrogens (tertiary/aromatic N) is 2. The van der Waals surface area contributed by atoms with Crippen LogP contribution in [0.2, 0.25) is 0 Å². The van der Waals surface area contributed by atoms with E-state index >= 15 is 0 Å². The lowest BCUT2D eigenvalue weighted by atomic mass is 10.1. The number of aromatic nitrogens is 2. The van der Waals surface area contributed by atoms with Gasteiger partial charge in [0.05, 0.1) is 5.75 Å². The Kier molecular flexibility index (Phi) is 4.72. The molecular formula is C13H16N2OS2. The number of hydrogen-bond acceptors (Lipinski definition) is 5. The van der Waals surface area contributed by atoms with Gasteiger partial charge in [-0.05, 0) is 25.7 Å². The third kappa shape index (κ3) is 3.78. The van der Waals surface area contributed by atoms with Gasteiger partial charge < -0.3 is 4.42 Å². The SMILES string of the molecule is CSCc1nnc(SCc2cc(C)cc(C)c2)o1. The van der Waals surface area contributed by atoms with E-state index in [1.54, 1.807) is 23.5 Å². The van der Waals surface area contributed by atoms with Gasteiger partial charge in [0.15, 0.2) is 0 Å². The van der Waals surface area contributed by atoms with E-state index < -0.39 is 0 Å². The standard InChI is InChI=1S/C13H16N2OS2/c1-9-4-10(2)6-11(5-9)7-18-13-15-14-12(16-13)8-17-3/h4-6H,7-8H2,1-3H3. The molecule has 0 atom stereocenters. The van der Waals surface area contributed by atoms with Crippen LogP contribution in [-0.4, -0.2) is 16.5 Å². The quantitative estimate of drug-likeness (QED) is 0.778. The molecule has 0 saturated carbocycles. The molecule has 5 heteroatoms. The number of aryl methyl sites for hydroxylation is 2. The van der Waals surface area contributed by atoms with Crippen molar-refractivity contribution >= 4 is 23.5 Å². The summed E-state index contributed by atoms with van der Waals surface area (Å²) in [6.45, 7) is 4.23. The van der Waals surface area contributed by atoms with Gasteiger partial charge in [-0.1, -0.05) is 41.1 Å². The summed E-state index contributed by atoms with van der Waals surface area (Å²) in [5, 5.41) is 8.67. The zero-order valence-corrected chi connectivity index (χ0v) is 12.4.